The molecule has 3 aromatic carbocycles. The van der Waals surface area contributed by atoms with Gasteiger partial charge in [-0.15, -0.1) is 0 Å². The lowest BCUT2D eigenvalue weighted by molar-refractivity contribution is -0.139. The van der Waals surface area contributed by atoms with Crippen LogP contribution in [0.25, 0.3) is 0 Å². The van der Waals surface area contributed by atoms with Crippen LogP contribution in [0.3, 0.4) is 0 Å². The maximum atomic E-state index is 13.7. The van der Waals surface area contributed by atoms with Gasteiger partial charge in [0.25, 0.3) is 10.0 Å². The first-order valence-corrected chi connectivity index (χ1v) is 13.9. The van der Waals surface area contributed by atoms with E-state index >= 15 is 0 Å². The second-order valence-corrected chi connectivity index (χ2v) is 11.0. The third-order valence-corrected chi connectivity index (χ3v) is 8.07. The van der Waals surface area contributed by atoms with Gasteiger partial charge in [0.1, 0.15) is 18.3 Å². The molecule has 0 saturated heterocycles. The van der Waals surface area contributed by atoms with Gasteiger partial charge in [-0.2, -0.15) is 0 Å². The van der Waals surface area contributed by atoms with E-state index < -0.39 is 28.5 Å². The number of halogens is 1. The van der Waals surface area contributed by atoms with Gasteiger partial charge in [0.15, 0.2) is 0 Å². The van der Waals surface area contributed by atoms with Gasteiger partial charge in [0, 0.05) is 17.6 Å². The average molecular weight is 589 g/mol. The van der Waals surface area contributed by atoms with E-state index in [-0.39, 0.29) is 17.3 Å². The summed E-state index contributed by atoms with van der Waals surface area (Å²) in [5.74, 6) is -0.322. The van der Waals surface area contributed by atoms with E-state index in [1.807, 2.05) is 24.3 Å². The van der Waals surface area contributed by atoms with Gasteiger partial charge >= 0.3 is 0 Å². The Morgan fingerprint density at radius 2 is 1.59 bits per heavy atom. The number of hydrogen-bond acceptors (Lipinski definition) is 5. The smallest absolute Gasteiger partial charge is 0.264 e. The molecule has 0 aliphatic heterocycles. The first-order chi connectivity index (χ1) is 17.7. The van der Waals surface area contributed by atoms with E-state index in [2.05, 4.69) is 21.2 Å². The molecule has 8 nitrogen and oxygen atoms in total. The lowest BCUT2D eigenvalue weighted by Crippen LogP contribution is -2.51. The quantitative estimate of drug-likeness (QED) is 0.362. The van der Waals surface area contributed by atoms with Crippen LogP contribution in [0, 0.1) is 0 Å². The molecular weight excluding hydrogens is 558 g/mol. The third-order valence-electron chi connectivity index (χ3n) is 5.75. The fourth-order valence-electron chi connectivity index (χ4n) is 3.69. The molecular formula is C27H30BrN3O5S. The van der Waals surface area contributed by atoms with Crippen LogP contribution in [0.1, 0.15) is 19.4 Å². The lowest BCUT2D eigenvalue weighted by atomic mass is 10.1. The van der Waals surface area contributed by atoms with Crippen LogP contribution in [-0.4, -0.2) is 51.4 Å². The number of sulfonamides is 1. The summed E-state index contributed by atoms with van der Waals surface area (Å²) >= 11 is 3.40. The van der Waals surface area contributed by atoms with Crippen molar-refractivity contribution in [3.8, 4) is 5.75 Å². The topological polar surface area (TPSA) is 96.0 Å². The number of likely N-dealkylation sites (N-methyl/N-ethyl adjacent to an activating group) is 1. The highest BCUT2D eigenvalue weighted by molar-refractivity contribution is 9.10. The molecule has 0 bridgehead atoms. The summed E-state index contributed by atoms with van der Waals surface area (Å²) in [5.41, 5.74) is 1.14. The number of ether oxygens (including phenoxy) is 1. The number of nitrogens with one attached hydrogen (secondary N) is 1. The molecule has 3 aromatic rings. The molecule has 3 rings (SSSR count). The first-order valence-electron chi connectivity index (χ1n) is 11.7. The predicted octanol–water partition coefficient (Wildman–Crippen LogP) is 4.21. The zero-order valence-corrected chi connectivity index (χ0v) is 23.3. The van der Waals surface area contributed by atoms with E-state index in [4.69, 9.17) is 4.74 Å². The summed E-state index contributed by atoms with van der Waals surface area (Å²) < 4.78 is 34.5. The first kappa shape index (κ1) is 28.2. The molecule has 0 unspecified atom stereocenters. The molecule has 0 radical (unpaired) electrons. The Hall–Kier alpha value is -3.37. The molecule has 0 saturated carbocycles. The number of rotatable bonds is 11. The monoisotopic (exact) mass is 587 g/mol. The molecule has 2 amide bonds. The molecule has 1 N–H and O–H groups in total. The summed E-state index contributed by atoms with van der Waals surface area (Å²) in [7, 11) is -2.62. The van der Waals surface area contributed by atoms with Crippen molar-refractivity contribution in [3.05, 3.63) is 88.9 Å². The van der Waals surface area contributed by atoms with Crippen molar-refractivity contribution < 1.29 is 22.7 Å². The summed E-state index contributed by atoms with van der Waals surface area (Å²) in [5, 5.41) is 2.74. The molecule has 0 aliphatic rings. The Morgan fingerprint density at radius 3 is 2.16 bits per heavy atom. The van der Waals surface area contributed by atoms with Crippen LogP contribution >= 0.6 is 15.9 Å². The second-order valence-electron chi connectivity index (χ2n) is 8.24. The van der Waals surface area contributed by atoms with Crippen LogP contribution in [0.4, 0.5) is 5.69 Å². The number of hydrogen-bond donors (Lipinski definition) is 1. The molecule has 0 fully saturated rings. The zero-order valence-electron chi connectivity index (χ0n) is 20.9. The molecule has 1 atom stereocenters. The maximum absolute atomic E-state index is 13.7. The van der Waals surface area contributed by atoms with E-state index in [1.165, 1.54) is 24.1 Å². The van der Waals surface area contributed by atoms with Crippen molar-refractivity contribution in [1.82, 2.24) is 10.2 Å². The van der Waals surface area contributed by atoms with Crippen LogP contribution in [-0.2, 0) is 26.2 Å². The molecule has 0 spiro atoms. The van der Waals surface area contributed by atoms with Gasteiger partial charge in [-0.1, -0.05) is 46.3 Å². The number of amides is 2. The number of carbonyl (C=O) groups is 2. The molecule has 196 valence electrons. The van der Waals surface area contributed by atoms with Crippen LogP contribution in [0.5, 0.6) is 5.75 Å². The zero-order chi connectivity index (χ0) is 27.0. The third kappa shape index (κ3) is 7.11. The molecule has 0 aliphatic carbocycles. The van der Waals surface area contributed by atoms with Gasteiger partial charge in [-0.25, -0.2) is 8.42 Å². The minimum absolute atomic E-state index is 0.0150. The van der Waals surface area contributed by atoms with Gasteiger partial charge in [-0.3, -0.25) is 13.9 Å². The molecule has 10 heteroatoms. The Morgan fingerprint density at radius 1 is 0.973 bits per heavy atom. The van der Waals surface area contributed by atoms with Crippen molar-refractivity contribution >= 4 is 43.5 Å². The van der Waals surface area contributed by atoms with Crippen molar-refractivity contribution in [1.29, 1.82) is 0 Å². The predicted molar refractivity (Wildman–Crippen MR) is 147 cm³/mol. The highest BCUT2D eigenvalue weighted by Gasteiger charge is 2.32. The Labute approximate surface area is 226 Å². The van der Waals surface area contributed by atoms with Crippen molar-refractivity contribution in [2.75, 3.05) is 24.5 Å². The highest BCUT2D eigenvalue weighted by atomic mass is 79.9. The SMILES string of the molecule is CCNC(=O)[C@@H](C)N(Cc1ccc(Br)cc1)C(=O)CN(c1ccccc1)S(=O)(=O)c1ccc(OC)cc1. The summed E-state index contributed by atoms with van der Waals surface area (Å²) in [6.07, 6.45) is 0. The standard InChI is InChI=1S/C27H30BrN3O5S/c1-4-29-27(33)20(2)30(18-21-10-12-22(28)13-11-21)26(32)19-31(23-8-6-5-7-9-23)37(34,35)25-16-14-24(36-3)15-17-25/h5-17,20H,4,18-19H2,1-3H3,(H,29,33)/t20-/m1/s1. The van der Waals surface area contributed by atoms with Gasteiger partial charge in [0.2, 0.25) is 11.8 Å². The lowest BCUT2D eigenvalue weighted by Gasteiger charge is -2.32. The number of anilines is 1. The fraction of sp³-hybridized carbons (Fsp3) is 0.259. The number of carbonyl (C=O) groups excluding carboxylic acids is 2. The minimum atomic E-state index is -4.12. The second kappa shape index (κ2) is 12.7. The van der Waals surface area contributed by atoms with Crippen LogP contribution in [0.15, 0.2) is 88.2 Å². The highest BCUT2D eigenvalue weighted by Crippen LogP contribution is 2.26. The largest absolute Gasteiger partial charge is 0.497 e. The van der Waals surface area contributed by atoms with E-state index in [1.54, 1.807) is 56.3 Å². The summed E-state index contributed by atoms with van der Waals surface area (Å²) in [6.45, 7) is 3.48. The molecule has 0 aromatic heterocycles. The Bertz CT molecular complexity index is 1300. The number of benzene rings is 3. The normalized spacial score (nSPS) is 11.9. The van der Waals surface area contributed by atoms with Crippen LogP contribution < -0.4 is 14.4 Å². The van der Waals surface area contributed by atoms with Gasteiger partial charge in [-0.05, 0) is 67.9 Å². The van der Waals surface area contributed by atoms with Crippen molar-refractivity contribution in [2.45, 2.75) is 31.3 Å². The fourth-order valence-corrected chi connectivity index (χ4v) is 5.37. The number of nitrogens with zero attached hydrogens (tertiary/aromatic N) is 2. The van der Waals surface area contributed by atoms with Gasteiger partial charge < -0.3 is 15.0 Å². The van der Waals surface area contributed by atoms with Crippen molar-refractivity contribution in [2.24, 2.45) is 0 Å². The van der Waals surface area contributed by atoms with Gasteiger partial charge in [0.05, 0.1) is 17.7 Å². The minimum Gasteiger partial charge on any atom is -0.497 e. The molecule has 0 heterocycles. The maximum Gasteiger partial charge on any atom is 0.264 e. The summed E-state index contributed by atoms with van der Waals surface area (Å²) in [6, 6.07) is 21.0. The number of para-hydroxylation sites is 1. The summed E-state index contributed by atoms with van der Waals surface area (Å²) in [4.78, 5) is 27.9. The van der Waals surface area contributed by atoms with E-state index in [0.29, 0.717) is 18.0 Å². The Balaban J connectivity index is 1.99. The van der Waals surface area contributed by atoms with E-state index in [9.17, 15) is 18.0 Å². The van der Waals surface area contributed by atoms with Crippen LogP contribution in [0.2, 0.25) is 0 Å². The number of methoxy groups -OCH3 is 1. The molecule has 37 heavy (non-hydrogen) atoms. The Kier molecular flexibility index (Phi) is 9.71. The average Bonchev–Trinajstić information content (AvgIpc) is 2.91. The van der Waals surface area contributed by atoms with E-state index in [0.717, 1.165) is 14.3 Å². The van der Waals surface area contributed by atoms with Crippen molar-refractivity contribution in [3.63, 3.8) is 0 Å².